The first-order valence-corrected chi connectivity index (χ1v) is 7.89. The zero-order valence-electron chi connectivity index (χ0n) is 13.4. The number of carbonyl (C=O) groups is 2. The second kappa shape index (κ2) is 6.83. The van der Waals surface area contributed by atoms with E-state index in [0.29, 0.717) is 6.54 Å². The SMILES string of the molecule is CN1C(=O)C[C@H](C(=O)NCc2ccccc2)[C@H]1c1ccc(F)cc1. The van der Waals surface area contributed by atoms with Gasteiger partial charge in [0.05, 0.1) is 12.0 Å². The summed E-state index contributed by atoms with van der Waals surface area (Å²) in [6, 6.07) is 15.2. The number of likely N-dealkylation sites (tertiary alicyclic amines) is 1. The van der Waals surface area contributed by atoms with Crippen molar-refractivity contribution < 1.29 is 14.0 Å². The van der Waals surface area contributed by atoms with E-state index in [1.54, 1.807) is 24.1 Å². The van der Waals surface area contributed by atoms with Gasteiger partial charge in [-0.25, -0.2) is 4.39 Å². The third-order valence-electron chi connectivity index (χ3n) is 4.44. The maximum Gasteiger partial charge on any atom is 0.226 e. The molecule has 1 fully saturated rings. The summed E-state index contributed by atoms with van der Waals surface area (Å²) in [7, 11) is 1.68. The van der Waals surface area contributed by atoms with E-state index in [9.17, 15) is 14.0 Å². The maximum absolute atomic E-state index is 13.2. The van der Waals surface area contributed by atoms with E-state index in [0.717, 1.165) is 11.1 Å². The Hall–Kier alpha value is -2.69. The van der Waals surface area contributed by atoms with Gasteiger partial charge in [0.25, 0.3) is 0 Å². The van der Waals surface area contributed by atoms with Gasteiger partial charge in [-0.3, -0.25) is 9.59 Å². The normalized spacial score (nSPS) is 20.2. The first kappa shape index (κ1) is 16.2. The van der Waals surface area contributed by atoms with E-state index in [1.165, 1.54) is 12.1 Å². The lowest BCUT2D eigenvalue weighted by molar-refractivity contribution is -0.128. The minimum Gasteiger partial charge on any atom is -0.352 e. The summed E-state index contributed by atoms with van der Waals surface area (Å²) in [4.78, 5) is 26.3. The van der Waals surface area contributed by atoms with Crippen LogP contribution >= 0.6 is 0 Å². The molecule has 0 radical (unpaired) electrons. The third kappa shape index (κ3) is 3.30. The van der Waals surface area contributed by atoms with Crippen LogP contribution in [0.25, 0.3) is 0 Å². The van der Waals surface area contributed by atoms with Crippen LogP contribution in [-0.4, -0.2) is 23.8 Å². The Kier molecular flexibility index (Phi) is 4.60. The van der Waals surface area contributed by atoms with Crippen molar-refractivity contribution in [3.8, 4) is 0 Å². The van der Waals surface area contributed by atoms with E-state index in [-0.39, 0.29) is 30.1 Å². The Morgan fingerprint density at radius 3 is 2.50 bits per heavy atom. The fourth-order valence-corrected chi connectivity index (χ4v) is 3.14. The number of nitrogens with one attached hydrogen (secondary N) is 1. The Morgan fingerprint density at radius 1 is 1.17 bits per heavy atom. The first-order valence-electron chi connectivity index (χ1n) is 7.89. The number of amides is 2. The zero-order valence-corrected chi connectivity index (χ0v) is 13.4. The predicted octanol–water partition coefficient (Wildman–Crippen LogP) is 2.66. The summed E-state index contributed by atoms with van der Waals surface area (Å²) in [5, 5.41) is 2.90. The van der Waals surface area contributed by atoms with Gasteiger partial charge in [-0.2, -0.15) is 0 Å². The van der Waals surface area contributed by atoms with Crippen molar-refractivity contribution in [2.75, 3.05) is 7.05 Å². The van der Waals surface area contributed by atoms with Gasteiger partial charge >= 0.3 is 0 Å². The van der Waals surface area contributed by atoms with E-state index >= 15 is 0 Å². The van der Waals surface area contributed by atoms with Gasteiger partial charge in [0.2, 0.25) is 11.8 Å². The maximum atomic E-state index is 13.2. The standard InChI is InChI=1S/C19H19FN2O2/c1-22-17(23)11-16(18(22)14-7-9-15(20)10-8-14)19(24)21-12-13-5-3-2-4-6-13/h2-10,16,18H,11-12H2,1H3,(H,21,24)/t16-,18+/m0/s1. The smallest absolute Gasteiger partial charge is 0.226 e. The fraction of sp³-hybridized carbons (Fsp3) is 0.263. The summed E-state index contributed by atoms with van der Waals surface area (Å²) in [6.45, 7) is 0.421. The predicted molar refractivity (Wildman–Crippen MR) is 88.3 cm³/mol. The largest absolute Gasteiger partial charge is 0.352 e. The van der Waals surface area contributed by atoms with E-state index < -0.39 is 5.92 Å². The van der Waals surface area contributed by atoms with Crippen LogP contribution in [0.5, 0.6) is 0 Å². The van der Waals surface area contributed by atoms with Crippen molar-refractivity contribution in [3.63, 3.8) is 0 Å². The topological polar surface area (TPSA) is 49.4 Å². The van der Waals surface area contributed by atoms with Crippen LogP contribution in [0.2, 0.25) is 0 Å². The summed E-state index contributed by atoms with van der Waals surface area (Å²) in [6.07, 6.45) is 0.166. The monoisotopic (exact) mass is 326 g/mol. The van der Waals surface area contributed by atoms with Crippen LogP contribution in [-0.2, 0) is 16.1 Å². The Bertz CT molecular complexity index is 731. The molecular weight excluding hydrogens is 307 g/mol. The molecule has 1 aliphatic heterocycles. The molecular formula is C19H19FN2O2. The third-order valence-corrected chi connectivity index (χ3v) is 4.44. The van der Waals surface area contributed by atoms with Crippen LogP contribution in [0, 0.1) is 11.7 Å². The Balaban J connectivity index is 1.75. The molecule has 5 heteroatoms. The highest BCUT2D eigenvalue weighted by Crippen LogP contribution is 2.37. The number of nitrogens with zero attached hydrogens (tertiary/aromatic N) is 1. The van der Waals surface area contributed by atoms with Gasteiger partial charge in [0.15, 0.2) is 0 Å². The molecule has 0 spiro atoms. The average molecular weight is 326 g/mol. The van der Waals surface area contributed by atoms with Crippen molar-refractivity contribution >= 4 is 11.8 Å². The lowest BCUT2D eigenvalue weighted by Gasteiger charge is -2.25. The van der Waals surface area contributed by atoms with Crippen molar-refractivity contribution in [1.82, 2.24) is 10.2 Å². The second-order valence-electron chi connectivity index (χ2n) is 6.02. The van der Waals surface area contributed by atoms with Gasteiger partial charge in [-0.1, -0.05) is 42.5 Å². The molecule has 4 nitrogen and oxygen atoms in total. The molecule has 3 rings (SSSR count). The summed E-state index contributed by atoms with van der Waals surface area (Å²) in [5.41, 5.74) is 1.77. The number of benzene rings is 2. The molecule has 2 atom stereocenters. The van der Waals surface area contributed by atoms with E-state index in [1.807, 2.05) is 30.3 Å². The summed E-state index contributed by atoms with van der Waals surface area (Å²) >= 11 is 0. The number of hydrogen-bond acceptors (Lipinski definition) is 2. The lowest BCUT2D eigenvalue weighted by atomic mass is 9.93. The van der Waals surface area contributed by atoms with Crippen LogP contribution in [0.3, 0.4) is 0 Å². The Labute approximate surface area is 140 Å². The lowest BCUT2D eigenvalue weighted by Crippen LogP contribution is -2.34. The molecule has 1 heterocycles. The number of halogens is 1. The fourth-order valence-electron chi connectivity index (χ4n) is 3.14. The second-order valence-corrected chi connectivity index (χ2v) is 6.02. The Morgan fingerprint density at radius 2 is 1.83 bits per heavy atom. The van der Waals surface area contributed by atoms with Gasteiger partial charge in [0, 0.05) is 20.0 Å². The zero-order chi connectivity index (χ0) is 17.1. The molecule has 0 aromatic heterocycles. The van der Waals surface area contributed by atoms with Crippen molar-refractivity contribution in [2.24, 2.45) is 5.92 Å². The summed E-state index contributed by atoms with van der Waals surface area (Å²) in [5.74, 6) is -1.05. The molecule has 2 amide bonds. The van der Waals surface area contributed by atoms with Gasteiger partial charge in [-0.15, -0.1) is 0 Å². The minimum absolute atomic E-state index is 0.0795. The van der Waals surface area contributed by atoms with Gasteiger partial charge in [-0.05, 0) is 23.3 Å². The molecule has 0 saturated carbocycles. The molecule has 0 aliphatic carbocycles. The molecule has 0 bridgehead atoms. The molecule has 24 heavy (non-hydrogen) atoms. The van der Waals surface area contributed by atoms with Crippen molar-refractivity contribution in [1.29, 1.82) is 0 Å². The molecule has 2 aromatic rings. The molecule has 1 aliphatic rings. The van der Waals surface area contributed by atoms with Crippen LogP contribution in [0.15, 0.2) is 54.6 Å². The van der Waals surface area contributed by atoms with Crippen LogP contribution in [0.4, 0.5) is 4.39 Å². The highest BCUT2D eigenvalue weighted by Gasteiger charge is 2.42. The highest BCUT2D eigenvalue weighted by atomic mass is 19.1. The molecule has 0 unspecified atom stereocenters. The first-order chi connectivity index (χ1) is 11.6. The molecule has 2 aromatic carbocycles. The molecule has 1 saturated heterocycles. The van der Waals surface area contributed by atoms with Crippen molar-refractivity contribution in [3.05, 3.63) is 71.5 Å². The highest BCUT2D eigenvalue weighted by molar-refractivity contribution is 5.90. The molecule has 1 N–H and O–H groups in total. The summed E-state index contributed by atoms with van der Waals surface area (Å²) < 4.78 is 13.2. The van der Waals surface area contributed by atoms with Crippen molar-refractivity contribution in [2.45, 2.75) is 19.0 Å². The quantitative estimate of drug-likeness (QED) is 0.939. The molecule has 124 valence electrons. The average Bonchev–Trinajstić information content (AvgIpc) is 2.90. The number of carbonyl (C=O) groups excluding carboxylic acids is 2. The van der Waals surface area contributed by atoms with Gasteiger partial charge in [0.1, 0.15) is 5.82 Å². The van der Waals surface area contributed by atoms with Crippen LogP contribution < -0.4 is 5.32 Å². The van der Waals surface area contributed by atoms with Gasteiger partial charge < -0.3 is 10.2 Å². The van der Waals surface area contributed by atoms with Crippen LogP contribution in [0.1, 0.15) is 23.6 Å². The number of hydrogen-bond donors (Lipinski definition) is 1. The number of rotatable bonds is 4. The van der Waals surface area contributed by atoms with E-state index in [2.05, 4.69) is 5.32 Å². The van der Waals surface area contributed by atoms with E-state index in [4.69, 9.17) is 0 Å². The minimum atomic E-state index is -0.475.